The van der Waals surface area contributed by atoms with Crippen LogP contribution in [0.5, 0.6) is 0 Å². The Morgan fingerprint density at radius 1 is 1.16 bits per heavy atom. The fourth-order valence-electron chi connectivity index (χ4n) is 2.16. The Hall–Kier alpha value is -1.61. The molecule has 0 saturated heterocycles. The van der Waals surface area contributed by atoms with Gasteiger partial charge in [-0.3, -0.25) is 0 Å². The minimum atomic E-state index is 0.854. The van der Waals surface area contributed by atoms with E-state index in [1.54, 1.807) is 7.11 Å². The third kappa shape index (κ3) is 3.93. The molecule has 3 heteroatoms. The molecule has 0 atom stereocenters. The van der Waals surface area contributed by atoms with E-state index in [9.17, 15) is 0 Å². The highest BCUT2D eigenvalue weighted by Crippen LogP contribution is 2.19. The van der Waals surface area contributed by atoms with Gasteiger partial charge in [0.15, 0.2) is 0 Å². The first kappa shape index (κ1) is 13.8. The third-order valence-corrected chi connectivity index (χ3v) is 3.23. The predicted octanol–water partition coefficient (Wildman–Crippen LogP) is 3.77. The van der Waals surface area contributed by atoms with Crippen molar-refractivity contribution >= 4 is 16.7 Å². The number of aryl methyl sites for hydroxylation is 1. The summed E-state index contributed by atoms with van der Waals surface area (Å²) in [6.07, 6.45) is 3.47. The van der Waals surface area contributed by atoms with Crippen LogP contribution in [0, 0.1) is 6.92 Å². The summed E-state index contributed by atoms with van der Waals surface area (Å²) in [4.78, 5) is 4.67. The van der Waals surface area contributed by atoms with Crippen LogP contribution in [0.4, 0.5) is 5.82 Å². The van der Waals surface area contributed by atoms with E-state index in [1.165, 1.54) is 17.4 Å². The highest BCUT2D eigenvalue weighted by molar-refractivity contribution is 5.81. The summed E-state index contributed by atoms with van der Waals surface area (Å²) in [6, 6.07) is 10.4. The van der Waals surface area contributed by atoms with Crippen molar-refractivity contribution in [3.63, 3.8) is 0 Å². The first-order valence-electron chi connectivity index (χ1n) is 6.90. The van der Waals surface area contributed by atoms with E-state index in [4.69, 9.17) is 4.74 Å². The molecule has 1 heterocycles. The van der Waals surface area contributed by atoms with Crippen molar-refractivity contribution in [2.45, 2.75) is 26.2 Å². The Kier molecular flexibility index (Phi) is 5.16. The lowest BCUT2D eigenvalue weighted by molar-refractivity contribution is 0.192. The first-order valence-corrected chi connectivity index (χ1v) is 6.90. The van der Waals surface area contributed by atoms with E-state index in [2.05, 4.69) is 35.4 Å². The maximum Gasteiger partial charge on any atom is 0.129 e. The number of nitrogens with one attached hydrogen (secondary N) is 1. The van der Waals surface area contributed by atoms with Gasteiger partial charge in [-0.25, -0.2) is 4.98 Å². The Labute approximate surface area is 115 Å². The van der Waals surface area contributed by atoms with Crippen LogP contribution >= 0.6 is 0 Å². The van der Waals surface area contributed by atoms with Gasteiger partial charge in [0.05, 0.1) is 5.52 Å². The van der Waals surface area contributed by atoms with Gasteiger partial charge in [0.2, 0.25) is 0 Å². The van der Waals surface area contributed by atoms with Crippen molar-refractivity contribution in [1.82, 2.24) is 4.98 Å². The molecule has 1 N–H and O–H groups in total. The zero-order valence-corrected chi connectivity index (χ0v) is 11.8. The topological polar surface area (TPSA) is 34.1 Å². The molecule has 0 radical (unpaired) electrons. The van der Waals surface area contributed by atoms with Gasteiger partial charge >= 0.3 is 0 Å². The molecule has 0 bridgehead atoms. The molecule has 0 fully saturated rings. The second-order valence-corrected chi connectivity index (χ2v) is 4.83. The molecular weight excluding hydrogens is 236 g/mol. The lowest BCUT2D eigenvalue weighted by atomic mass is 10.1. The van der Waals surface area contributed by atoms with E-state index in [-0.39, 0.29) is 0 Å². The Morgan fingerprint density at radius 2 is 2.00 bits per heavy atom. The molecule has 0 saturated carbocycles. The van der Waals surface area contributed by atoms with E-state index in [0.29, 0.717) is 0 Å². The third-order valence-electron chi connectivity index (χ3n) is 3.23. The Balaban J connectivity index is 1.91. The summed E-state index contributed by atoms with van der Waals surface area (Å²) in [7, 11) is 1.75. The van der Waals surface area contributed by atoms with Gasteiger partial charge in [-0.15, -0.1) is 0 Å². The van der Waals surface area contributed by atoms with Crippen LogP contribution in [0.15, 0.2) is 30.3 Å². The minimum Gasteiger partial charge on any atom is -0.385 e. The highest BCUT2D eigenvalue weighted by atomic mass is 16.5. The van der Waals surface area contributed by atoms with E-state index in [0.717, 1.165) is 37.3 Å². The molecule has 1 aromatic carbocycles. The molecule has 0 aliphatic rings. The number of hydrogen-bond donors (Lipinski definition) is 1. The number of rotatable bonds is 7. The van der Waals surface area contributed by atoms with Crippen LogP contribution in [0.3, 0.4) is 0 Å². The SMILES string of the molecule is COCCCCCNc1nc2ccccc2cc1C. The number of nitrogens with zero attached hydrogens (tertiary/aromatic N) is 1. The van der Waals surface area contributed by atoms with Crippen LogP contribution in [-0.4, -0.2) is 25.2 Å². The van der Waals surface area contributed by atoms with Crippen LogP contribution in [0.2, 0.25) is 0 Å². The van der Waals surface area contributed by atoms with Gasteiger partial charge in [-0.2, -0.15) is 0 Å². The number of pyridine rings is 1. The second kappa shape index (κ2) is 7.10. The average molecular weight is 258 g/mol. The molecule has 0 spiro atoms. The van der Waals surface area contributed by atoms with Gasteiger partial charge in [0, 0.05) is 25.6 Å². The van der Waals surface area contributed by atoms with E-state index < -0.39 is 0 Å². The smallest absolute Gasteiger partial charge is 0.129 e. The maximum absolute atomic E-state index is 5.04. The zero-order chi connectivity index (χ0) is 13.5. The molecule has 0 amide bonds. The zero-order valence-electron chi connectivity index (χ0n) is 11.8. The number of methoxy groups -OCH3 is 1. The lowest BCUT2D eigenvalue weighted by Gasteiger charge is -2.10. The second-order valence-electron chi connectivity index (χ2n) is 4.83. The van der Waals surface area contributed by atoms with Gasteiger partial charge in [-0.05, 0) is 43.9 Å². The normalized spacial score (nSPS) is 10.8. The predicted molar refractivity (Wildman–Crippen MR) is 80.7 cm³/mol. The Morgan fingerprint density at radius 3 is 2.84 bits per heavy atom. The van der Waals surface area contributed by atoms with Gasteiger partial charge < -0.3 is 10.1 Å². The van der Waals surface area contributed by atoms with E-state index >= 15 is 0 Å². The fraction of sp³-hybridized carbons (Fsp3) is 0.438. The average Bonchev–Trinajstić information content (AvgIpc) is 2.43. The van der Waals surface area contributed by atoms with Gasteiger partial charge in [-0.1, -0.05) is 18.2 Å². The molecule has 0 aliphatic carbocycles. The van der Waals surface area contributed by atoms with Crippen molar-refractivity contribution in [1.29, 1.82) is 0 Å². The van der Waals surface area contributed by atoms with Crippen LogP contribution < -0.4 is 5.32 Å². The van der Waals surface area contributed by atoms with Gasteiger partial charge in [0.1, 0.15) is 5.82 Å². The molecule has 19 heavy (non-hydrogen) atoms. The van der Waals surface area contributed by atoms with Crippen LogP contribution in [0.25, 0.3) is 10.9 Å². The standard InChI is InChI=1S/C16H22N2O/c1-13-12-14-8-4-5-9-15(14)18-16(13)17-10-6-3-7-11-19-2/h4-5,8-9,12H,3,6-7,10-11H2,1-2H3,(H,17,18). The number of hydrogen-bond acceptors (Lipinski definition) is 3. The number of anilines is 1. The Bertz CT molecular complexity index is 525. The summed E-state index contributed by atoms with van der Waals surface area (Å²) >= 11 is 0. The summed E-state index contributed by atoms with van der Waals surface area (Å²) in [5.74, 6) is 1.01. The fourth-order valence-corrected chi connectivity index (χ4v) is 2.16. The van der Waals surface area contributed by atoms with Crippen molar-refractivity contribution in [3.8, 4) is 0 Å². The number of benzene rings is 1. The van der Waals surface area contributed by atoms with E-state index in [1.807, 2.05) is 12.1 Å². The number of fused-ring (bicyclic) bond motifs is 1. The maximum atomic E-state index is 5.04. The van der Waals surface area contributed by atoms with Crippen molar-refractivity contribution in [3.05, 3.63) is 35.9 Å². The molecular formula is C16H22N2O. The highest BCUT2D eigenvalue weighted by Gasteiger charge is 2.02. The number of ether oxygens (including phenoxy) is 1. The van der Waals surface area contributed by atoms with Crippen LogP contribution in [0.1, 0.15) is 24.8 Å². The monoisotopic (exact) mass is 258 g/mol. The first-order chi connectivity index (χ1) is 9.31. The molecule has 2 rings (SSSR count). The molecule has 1 aromatic heterocycles. The quantitative estimate of drug-likeness (QED) is 0.768. The largest absolute Gasteiger partial charge is 0.385 e. The summed E-state index contributed by atoms with van der Waals surface area (Å²) in [6.45, 7) is 3.93. The number of aromatic nitrogens is 1. The lowest BCUT2D eigenvalue weighted by Crippen LogP contribution is -2.05. The molecule has 2 aromatic rings. The van der Waals surface area contributed by atoms with Crippen molar-refractivity contribution < 1.29 is 4.74 Å². The number of unbranched alkanes of at least 4 members (excludes halogenated alkanes) is 2. The molecule has 0 unspecified atom stereocenters. The van der Waals surface area contributed by atoms with Crippen molar-refractivity contribution in [2.75, 3.05) is 25.6 Å². The molecule has 0 aliphatic heterocycles. The van der Waals surface area contributed by atoms with Crippen molar-refractivity contribution in [2.24, 2.45) is 0 Å². The molecule has 3 nitrogen and oxygen atoms in total. The van der Waals surface area contributed by atoms with Crippen LogP contribution in [-0.2, 0) is 4.74 Å². The summed E-state index contributed by atoms with van der Waals surface area (Å²) < 4.78 is 5.04. The van der Waals surface area contributed by atoms with Gasteiger partial charge in [0.25, 0.3) is 0 Å². The number of para-hydroxylation sites is 1. The summed E-state index contributed by atoms with van der Waals surface area (Å²) in [5.41, 5.74) is 2.26. The summed E-state index contributed by atoms with van der Waals surface area (Å²) in [5, 5.41) is 4.63. The molecule has 102 valence electrons. The minimum absolute atomic E-state index is 0.854.